The zero-order valence-corrected chi connectivity index (χ0v) is 15.0. The number of hydrogen-bond donors (Lipinski definition) is 1. The van der Waals surface area contributed by atoms with Crippen LogP contribution in [0.2, 0.25) is 0 Å². The summed E-state index contributed by atoms with van der Waals surface area (Å²) in [5.74, 6) is 0.679. The summed E-state index contributed by atoms with van der Waals surface area (Å²) in [6.45, 7) is 3.82. The molecule has 0 spiro atoms. The Balaban J connectivity index is 1.58. The van der Waals surface area contributed by atoms with Gasteiger partial charge in [0.1, 0.15) is 5.75 Å². The first kappa shape index (κ1) is 17.1. The maximum absolute atomic E-state index is 13.2. The van der Waals surface area contributed by atoms with Crippen molar-refractivity contribution in [2.45, 2.75) is 6.04 Å². The summed E-state index contributed by atoms with van der Waals surface area (Å²) < 4.78 is 5.75. The molecule has 26 heavy (non-hydrogen) atoms. The van der Waals surface area contributed by atoms with Gasteiger partial charge in [-0.1, -0.05) is 24.3 Å². The van der Waals surface area contributed by atoms with Gasteiger partial charge in [0.15, 0.2) is 0 Å². The van der Waals surface area contributed by atoms with Crippen LogP contribution < -0.4 is 0 Å². The van der Waals surface area contributed by atoms with Crippen molar-refractivity contribution in [3.8, 4) is 16.9 Å². The summed E-state index contributed by atoms with van der Waals surface area (Å²) in [7, 11) is 2.12. The highest BCUT2D eigenvalue weighted by atomic mass is 16.5. The number of nitrogens with zero attached hydrogens (tertiary/aromatic N) is 2. The molecule has 0 unspecified atom stereocenters. The second-order valence-electron chi connectivity index (χ2n) is 7.33. The third-order valence-corrected chi connectivity index (χ3v) is 5.34. The van der Waals surface area contributed by atoms with Crippen LogP contribution in [0.3, 0.4) is 0 Å². The monoisotopic (exact) mass is 352 g/mol. The van der Waals surface area contributed by atoms with Gasteiger partial charge in [0.25, 0.3) is 5.91 Å². The van der Waals surface area contributed by atoms with Gasteiger partial charge in [-0.15, -0.1) is 0 Å². The van der Waals surface area contributed by atoms with Crippen LogP contribution in [0.15, 0.2) is 48.5 Å². The van der Waals surface area contributed by atoms with Crippen LogP contribution in [0.25, 0.3) is 11.1 Å². The lowest BCUT2D eigenvalue weighted by atomic mass is 10.0. The van der Waals surface area contributed by atoms with Crippen molar-refractivity contribution in [2.24, 2.45) is 5.92 Å². The number of carbonyl (C=O) groups is 1. The highest BCUT2D eigenvalue weighted by Gasteiger charge is 2.33. The Kier molecular flexibility index (Phi) is 4.66. The zero-order valence-electron chi connectivity index (χ0n) is 15.0. The topological polar surface area (TPSA) is 53.0 Å². The van der Waals surface area contributed by atoms with Crippen LogP contribution in [0.5, 0.6) is 5.75 Å². The molecular formula is C21H24N2O3. The van der Waals surface area contributed by atoms with Crippen molar-refractivity contribution in [3.05, 3.63) is 54.1 Å². The molecule has 0 saturated carbocycles. The molecule has 2 aromatic carbocycles. The van der Waals surface area contributed by atoms with E-state index in [-0.39, 0.29) is 17.7 Å². The molecule has 2 aliphatic rings. The molecule has 1 N–H and O–H groups in total. The van der Waals surface area contributed by atoms with E-state index < -0.39 is 0 Å². The van der Waals surface area contributed by atoms with E-state index >= 15 is 0 Å². The maximum Gasteiger partial charge on any atom is 0.253 e. The number of likely N-dealkylation sites (N-methyl/N-ethyl adjacent to an activating group) is 1. The zero-order chi connectivity index (χ0) is 18.1. The SMILES string of the molecule is CN1C[C@H]2COC[C@@H]1CN(C(=O)c1cccc(-c3ccc(O)cc3)c1)C2. The Bertz CT molecular complexity index is 790. The number of phenols is 1. The predicted molar refractivity (Wildman–Crippen MR) is 100 cm³/mol. The molecule has 2 aliphatic heterocycles. The molecule has 2 fully saturated rings. The molecule has 136 valence electrons. The smallest absolute Gasteiger partial charge is 0.253 e. The number of ether oxygens (including phenoxy) is 1. The number of carbonyl (C=O) groups excluding carboxylic acids is 1. The molecule has 2 aromatic rings. The highest BCUT2D eigenvalue weighted by Crippen LogP contribution is 2.25. The number of fused-ring (bicyclic) bond motifs is 3. The van der Waals surface area contributed by atoms with Crippen LogP contribution in [0.4, 0.5) is 0 Å². The molecule has 2 bridgehead atoms. The number of amides is 1. The van der Waals surface area contributed by atoms with Gasteiger partial charge in [-0.05, 0) is 42.4 Å². The van der Waals surface area contributed by atoms with E-state index in [0.717, 1.165) is 30.8 Å². The molecular weight excluding hydrogens is 328 g/mol. The molecule has 2 atom stereocenters. The van der Waals surface area contributed by atoms with Gasteiger partial charge >= 0.3 is 0 Å². The summed E-state index contributed by atoms with van der Waals surface area (Å²) >= 11 is 0. The van der Waals surface area contributed by atoms with Crippen molar-refractivity contribution in [2.75, 3.05) is 39.9 Å². The van der Waals surface area contributed by atoms with E-state index in [0.29, 0.717) is 24.6 Å². The lowest BCUT2D eigenvalue weighted by Crippen LogP contribution is -2.44. The molecule has 2 heterocycles. The van der Waals surface area contributed by atoms with Crippen LogP contribution in [0, 0.1) is 5.92 Å². The molecule has 0 radical (unpaired) electrons. The van der Waals surface area contributed by atoms with Crippen LogP contribution in [-0.2, 0) is 4.74 Å². The van der Waals surface area contributed by atoms with Crippen LogP contribution >= 0.6 is 0 Å². The van der Waals surface area contributed by atoms with Crippen molar-refractivity contribution < 1.29 is 14.6 Å². The highest BCUT2D eigenvalue weighted by molar-refractivity contribution is 5.95. The summed E-state index contributed by atoms with van der Waals surface area (Å²) in [6.07, 6.45) is 0. The first-order chi connectivity index (χ1) is 12.6. The number of aromatic hydroxyl groups is 1. The Hall–Kier alpha value is -2.37. The quantitative estimate of drug-likeness (QED) is 0.902. The molecule has 1 amide bonds. The van der Waals surface area contributed by atoms with E-state index in [1.54, 1.807) is 12.1 Å². The lowest BCUT2D eigenvalue weighted by Gasteiger charge is -2.30. The standard InChI is InChI=1S/C21H24N2O3/c1-22-10-15-11-23(12-19(22)14-26-13-15)21(25)18-4-2-3-17(9-18)16-5-7-20(24)8-6-16/h2-9,15,19,24H,10-14H2,1H3/t15-,19+/m1/s1. The van der Waals surface area contributed by atoms with Gasteiger partial charge in [0.2, 0.25) is 0 Å². The van der Waals surface area contributed by atoms with E-state index in [2.05, 4.69) is 11.9 Å². The van der Waals surface area contributed by atoms with Gasteiger partial charge in [-0.25, -0.2) is 0 Å². The Morgan fingerprint density at radius 2 is 1.85 bits per heavy atom. The fourth-order valence-electron chi connectivity index (χ4n) is 3.88. The fraction of sp³-hybridized carbons (Fsp3) is 0.381. The molecule has 2 saturated heterocycles. The molecule has 0 aromatic heterocycles. The summed E-state index contributed by atoms with van der Waals surface area (Å²) in [5.41, 5.74) is 2.67. The van der Waals surface area contributed by atoms with E-state index in [1.807, 2.05) is 41.3 Å². The van der Waals surface area contributed by atoms with Crippen LogP contribution in [0.1, 0.15) is 10.4 Å². The van der Waals surface area contributed by atoms with Gasteiger partial charge in [0.05, 0.1) is 19.3 Å². The van der Waals surface area contributed by atoms with E-state index in [4.69, 9.17) is 4.74 Å². The molecule has 5 heteroatoms. The predicted octanol–water partition coefficient (Wildman–Crippen LogP) is 2.46. The van der Waals surface area contributed by atoms with Crippen molar-refractivity contribution in [1.29, 1.82) is 0 Å². The Morgan fingerprint density at radius 3 is 2.65 bits per heavy atom. The molecule has 5 nitrogen and oxygen atoms in total. The average molecular weight is 352 g/mol. The van der Waals surface area contributed by atoms with Gasteiger partial charge in [-0.2, -0.15) is 0 Å². The third kappa shape index (κ3) is 3.45. The minimum absolute atomic E-state index is 0.0813. The first-order valence-electron chi connectivity index (χ1n) is 9.07. The second-order valence-corrected chi connectivity index (χ2v) is 7.33. The lowest BCUT2D eigenvalue weighted by molar-refractivity contribution is 0.0434. The number of rotatable bonds is 2. The summed E-state index contributed by atoms with van der Waals surface area (Å²) in [5, 5.41) is 9.47. The van der Waals surface area contributed by atoms with E-state index in [9.17, 15) is 9.90 Å². The Morgan fingerprint density at radius 1 is 1.04 bits per heavy atom. The summed E-state index contributed by atoms with van der Waals surface area (Å²) in [4.78, 5) is 17.5. The molecule has 0 aliphatic carbocycles. The maximum atomic E-state index is 13.2. The number of phenolic OH excluding ortho intramolecular Hbond substituents is 1. The average Bonchev–Trinajstić information content (AvgIpc) is 2.90. The normalized spacial score (nSPS) is 23.5. The minimum atomic E-state index is 0.0813. The van der Waals surface area contributed by atoms with Crippen molar-refractivity contribution in [3.63, 3.8) is 0 Å². The second kappa shape index (κ2) is 7.09. The summed E-state index contributed by atoms with van der Waals surface area (Å²) in [6, 6.07) is 15.0. The third-order valence-electron chi connectivity index (χ3n) is 5.34. The van der Waals surface area contributed by atoms with Crippen molar-refractivity contribution in [1.82, 2.24) is 9.80 Å². The van der Waals surface area contributed by atoms with Crippen molar-refractivity contribution >= 4 is 5.91 Å². The Labute approximate surface area is 153 Å². The van der Waals surface area contributed by atoms with Gasteiger partial charge < -0.3 is 14.7 Å². The van der Waals surface area contributed by atoms with Crippen LogP contribution in [-0.4, -0.2) is 66.8 Å². The first-order valence-corrected chi connectivity index (χ1v) is 9.07. The largest absolute Gasteiger partial charge is 0.508 e. The van der Waals surface area contributed by atoms with Gasteiger partial charge in [0, 0.05) is 31.1 Å². The minimum Gasteiger partial charge on any atom is -0.508 e. The fourth-order valence-corrected chi connectivity index (χ4v) is 3.88. The van der Waals surface area contributed by atoms with Gasteiger partial charge in [-0.3, -0.25) is 9.69 Å². The van der Waals surface area contributed by atoms with E-state index in [1.165, 1.54) is 0 Å². The molecule has 4 rings (SSSR count). The number of benzene rings is 2. The number of hydrogen-bond acceptors (Lipinski definition) is 4.